The van der Waals surface area contributed by atoms with Crippen molar-refractivity contribution in [2.45, 2.75) is 13.0 Å². The number of hydrogen-bond acceptors (Lipinski definition) is 2. The van der Waals surface area contributed by atoms with Crippen LogP contribution in [0, 0.1) is 0 Å². The molecule has 0 saturated carbocycles. The highest BCUT2D eigenvalue weighted by Gasteiger charge is 2.22. The monoisotopic (exact) mass is 326 g/mol. The molecule has 23 heavy (non-hydrogen) atoms. The number of rotatable bonds is 2. The van der Waals surface area contributed by atoms with Crippen molar-refractivity contribution in [2.24, 2.45) is 0 Å². The summed E-state index contributed by atoms with van der Waals surface area (Å²) in [5.41, 5.74) is 3.43. The maximum Gasteiger partial charge on any atom is 0.247 e. The van der Waals surface area contributed by atoms with Gasteiger partial charge in [0, 0.05) is 52.8 Å². The Hall–Kier alpha value is -2.46. The number of furan rings is 1. The van der Waals surface area contributed by atoms with Gasteiger partial charge in [-0.3, -0.25) is 4.79 Å². The van der Waals surface area contributed by atoms with Gasteiger partial charge in [0.2, 0.25) is 5.91 Å². The Morgan fingerprint density at radius 2 is 2.26 bits per heavy atom. The third-order valence-corrected chi connectivity index (χ3v) is 4.42. The summed E-state index contributed by atoms with van der Waals surface area (Å²) in [4.78, 5) is 17.7. The molecular weight excluding hydrogens is 312 g/mol. The highest BCUT2D eigenvalue weighted by molar-refractivity contribution is 6.31. The number of aromatic amines is 1. The molecule has 0 saturated heterocycles. The molecule has 5 heteroatoms. The normalized spacial score (nSPS) is 14.6. The van der Waals surface area contributed by atoms with E-state index in [0.29, 0.717) is 23.9 Å². The molecule has 1 aliphatic rings. The first kappa shape index (κ1) is 14.2. The third kappa shape index (κ3) is 2.66. The van der Waals surface area contributed by atoms with Gasteiger partial charge >= 0.3 is 0 Å². The average molecular weight is 327 g/mol. The summed E-state index contributed by atoms with van der Waals surface area (Å²) in [6.45, 7) is 1.30. The van der Waals surface area contributed by atoms with Crippen LogP contribution < -0.4 is 0 Å². The second-order valence-electron chi connectivity index (χ2n) is 5.63. The number of aromatic nitrogens is 1. The SMILES string of the molecule is O=C(C=Cc1ccco1)N1CCc2[nH]c3ccc(Cl)cc3c2C1. The zero-order valence-corrected chi connectivity index (χ0v) is 13.1. The Labute approximate surface area is 138 Å². The summed E-state index contributed by atoms with van der Waals surface area (Å²) in [7, 11) is 0. The van der Waals surface area contributed by atoms with Crippen LogP contribution in [0.15, 0.2) is 47.1 Å². The Morgan fingerprint density at radius 1 is 1.35 bits per heavy atom. The lowest BCUT2D eigenvalue weighted by atomic mass is 10.0. The molecule has 1 aliphatic heterocycles. The first-order valence-corrected chi connectivity index (χ1v) is 7.88. The Bertz CT molecular complexity index is 893. The Morgan fingerprint density at radius 3 is 3.09 bits per heavy atom. The quantitative estimate of drug-likeness (QED) is 0.723. The number of carbonyl (C=O) groups is 1. The number of benzene rings is 1. The van der Waals surface area contributed by atoms with Crippen LogP contribution in [0.4, 0.5) is 0 Å². The molecule has 1 amide bonds. The fourth-order valence-electron chi connectivity index (χ4n) is 3.02. The number of halogens is 1. The van der Waals surface area contributed by atoms with Crippen LogP contribution in [0.5, 0.6) is 0 Å². The molecule has 4 rings (SSSR count). The summed E-state index contributed by atoms with van der Waals surface area (Å²) in [5, 5.41) is 1.81. The first-order chi connectivity index (χ1) is 11.2. The Balaban J connectivity index is 1.59. The maximum atomic E-state index is 12.4. The molecule has 1 aromatic carbocycles. The van der Waals surface area contributed by atoms with Gasteiger partial charge in [-0.25, -0.2) is 0 Å². The van der Waals surface area contributed by atoms with Gasteiger partial charge in [0.05, 0.1) is 6.26 Å². The summed E-state index contributed by atoms with van der Waals surface area (Å²) < 4.78 is 5.21. The van der Waals surface area contributed by atoms with Crippen LogP contribution in [-0.2, 0) is 17.8 Å². The molecule has 0 radical (unpaired) electrons. The topological polar surface area (TPSA) is 49.2 Å². The molecule has 0 aliphatic carbocycles. The van der Waals surface area contributed by atoms with Gasteiger partial charge in [-0.15, -0.1) is 0 Å². The molecule has 0 fully saturated rings. The number of nitrogens with one attached hydrogen (secondary N) is 1. The molecule has 0 bridgehead atoms. The molecule has 3 heterocycles. The molecule has 3 aromatic rings. The van der Waals surface area contributed by atoms with Crippen molar-refractivity contribution in [3.8, 4) is 0 Å². The summed E-state index contributed by atoms with van der Waals surface area (Å²) >= 11 is 6.11. The van der Waals surface area contributed by atoms with Crippen molar-refractivity contribution in [3.05, 3.63) is 64.7 Å². The van der Waals surface area contributed by atoms with Crippen LogP contribution in [0.2, 0.25) is 5.02 Å². The van der Waals surface area contributed by atoms with E-state index in [-0.39, 0.29) is 5.91 Å². The van der Waals surface area contributed by atoms with Gasteiger partial charge in [-0.2, -0.15) is 0 Å². The lowest BCUT2D eigenvalue weighted by Crippen LogP contribution is -2.34. The fourth-order valence-corrected chi connectivity index (χ4v) is 3.19. The van der Waals surface area contributed by atoms with E-state index >= 15 is 0 Å². The van der Waals surface area contributed by atoms with Gasteiger partial charge < -0.3 is 14.3 Å². The van der Waals surface area contributed by atoms with E-state index in [9.17, 15) is 4.79 Å². The van der Waals surface area contributed by atoms with E-state index in [1.807, 2.05) is 29.2 Å². The minimum absolute atomic E-state index is 0.0107. The molecule has 0 unspecified atom stereocenters. The number of fused-ring (bicyclic) bond motifs is 3. The number of carbonyl (C=O) groups excluding carboxylic acids is 1. The van der Waals surface area contributed by atoms with Crippen molar-refractivity contribution in [3.63, 3.8) is 0 Å². The van der Waals surface area contributed by atoms with E-state index in [4.69, 9.17) is 16.0 Å². The number of nitrogens with zero attached hydrogens (tertiary/aromatic N) is 1. The molecule has 116 valence electrons. The van der Waals surface area contributed by atoms with Gasteiger partial charge in [0.15, 0.2) is 0 Å². The predicted molar refractivity (Wildman–Crippen MR) is 90.2 cm³/mol. The fraction of sp³-hybridized carbons (Fsp3) is 0.167. The Kier molecular flexibility index (Phi) is 3.46. The number of amides is 1. The van der Waals surface area contributed by atoms with Crippen LogP contribution in [0.3, 0.4) is 0 Å². The van der Waals surface area contributed by atoms with Crippen molar-refractivity contribution in [1.29, 1.82) is 0 Å². The molecular formula is C18H15ClN2O2. The van der Waals surface area contributed by atoms with Gasteiger partial charge in [-0.1, -0.05) is 11.6 Å². The standard InChI is InChI=1S/C18H15ClN2O2/c19-12-3-5-16-14(10-12)15-11-21(8-7-17(15)20-16)18(22)6-4-13-2-1-9-23-13/h1-6,9-10,20H,7-8,11H2. The number of hydrogen-bond donors (Lipinski definition) is 1. The van der Waals surface area contributed by atoms with E-state index in [0.717, 1.165) is 22.9 Å². The minimum Gasteiger partial charge on any atom is -0.465 e. The molecule has 0 atom stereocenters. The third-order valence-electron chi connectivity index (χ3n) is 4.18. The van der Waals surface area contributed by atoms with E-state index in [1.165, 1.54) is 5.69 Å². The lowest BCUT2D eigenvalue weighted by Gasteiger charge is -2.26. The second-order valence-corrected chi connectivity index (χ2v) is 6.07. The van der Waals surface area contributed by atoms with Crippen LogP contribution in [-0.4, -0.2) is 22.3 Å². The predicted octanol–water partition coefficient (Wildman–Crippen LogP) is 4.01. The van der Waals surface area contributed by atoms with Crippen LogP contribution in [0.25, 0.3) is 17.0 Å². The van der Waals surface area contributed by atoms with Crippen molar-refractivity contribution in [2.75, 3.05) is 6.54 Å². The zero-order chi connectivity index (χ0) is 15.8. The number of H-pyrrole nitrogens is 1. The van der Waals surface area contributed by atoms with Gasteiger partial charge in [0.25, 0.3) is 0 Å². The highest BCUT2D eigenvalue weighted by atomic mass is 35.5. The molecule has 1 N–H and O–H groups in total. The van der Waals surface area contributed by atoms with Gasteiger partial charge in [0.1, 0.15) is 5.76 Å². The first-order valence-electron chi connectivity index (χ1n) is 7.50. The van der Waals surface area contributed by atoms with E-state index in [1.54, 1.807) is 24.5 Å². The van der Waals surface area contributed by atoms with Crippen molar-refractivity contribution < 1.29 is 9.21 Å². The van der Waals surface area contributed by atoms with Crippen molar-refractivity contribution >= 4 is 34.5 Å². The highest BCUT2D eigenvalue weighted by Crippen LogP contribution is 2.29. The maximum absolute atomic E-state index is 12.4. The summed E-state index contributed by atoms with van der Waals surface area (Å²) in [6.07, 6.45) is 5.67. The van der Waals surface area contributed by atoms with Crippen LogP contribution >= 0.6 is 11.6 Å². The van der Waals surface area contributed by atoms with Gasteiger partial charge in [-0.05, 0) is 36.4 Å². The average Bonchev–Trinajstić information content (AvgIpc) is 3.19. The van der Waals surface area contributed by atoms with Crippen LogP contribution in [0.1, 0.15) is 17.0 Å². The summed E-state index contributed by atoms with van der Waals surface area (Å²) in [6, 6.07) is 9.44. The summed E-state index contributed by atoms with van der Waals surface area (Å²) in [5.74, 6) is 0.665. The lowest BCUT2D eigenvalue weighted by molar-refractivity contribution is -0.126. The molecule has 4 nitrogen and oxygen atoms in total. The second kappa shape index (κ2) is 5.63. The smallest absolute Gasteiger partial charge is 0.247 e. The molecule has 0 spiro atoms. The minimum atomic E-state index is -0.0107. The largest absolute Gasteiger partial charge is 0.465 e. The molecule has 2 aromatic heterocycles. The zero-order valence-electron chi connectivity index (χ0n) is 12.4. The van der Waals surface area contributed by atoms with Crippen molar-refractivity contribution in [1.82, 2.24) is 9.88 Å². The van der Waals surface area contributed by atoms with E-state index in [2.05, 4.69) is 4.98 Å². The van der Waals surface area contributed by atoms with E-state index < -0.39 is 0 Å².